The number of aliphatic hydroxyl groups is 1. The van der Waals surface area contributed by atoms with Crippen molar-refractivity contribution in [1.82, 2.24) is 0 Å². The van der Waals surface area contributed by atoms with Crippen LogP contribution in [0.5, 0.6) is 0 Å². The van der Waals surface area contributed by atoms with Crippen LogP contribution in [0.4, 0.5) is 0 Å². The summed E-state index contributed by atoms with van der Waals surface area (Å²) < 4.78 is 0. The highest BCUT2D eigenvalue weighted by molar-refractivity contribution is 4.80. The van der Waals surface area contributed by atoms with Crippen molar-refractivity contribution in [3.63, 3.8) is 0 Å². The molecular weight excluding hydrogens is 448 g/mol. The lowest BCUT2D eigenvalue weighted by Gasteiger charge is -2.35. The van der Waals surface area contributed by atoms with Crippen LogP contribution in [0, 0.1) is 5.41 Å². The molecule has 0 rings (SSSR count). The molecule has 0 spiro atoms. The van der Waals surface area contributed by atoms with E-state index in [0.717, 1.165) is 6.42 Å². The third kappa shape index (κ3) is 26.0. The fourth-order valence-electron chi connectivity index (χ4n) is 6.44. The highest BCUT2D eigenvalue weighted by Gasteiger charge is 2.28. The Morgan fingerprint density at radius 2 is 0.514 bits per heavy atom. The molecule has 224 valence electrons. The molecule has 0 heterocycles. The summed E-state index contributed by atoms with van der Waals surface area (Å²) in [5.41, 5.74) is 0.657. The largest absolute Gasteiger partial charge is 0.396 e. The highest BCUT2D eigenvalue weighted by atomic mass is 16.2. The first-order valence-corrected chi connectivity index (χ1v) is 17.9. The molecule has 0 aromatic carbocycles. The van der Waals surface area contributed by atoms with Crippen LogP contribution in [0.2, 0.25) is 0 Å². The van der Waals surface area contributed by atoms with Crippen molar-refractivity contribution in [3.05, 3.63) is 0 Å². The van der Waals surface area contributed by atoms with Crippen LogP contribution in [0.3, 0.4) is 0 Å². The molecule has 0 aromatic heterocycles. The SMILES string of the molecule is CCCCCCCCC(CCCCCCCC)(CCCCCCCC)CCCCCCCCCCCO. The predicted octanol–water partition coefficient (Wildman–Crippen LogP) is 13.1. The minimum Gasteiger partial charge on any atom is -0.396 e. The van der Waals surface area contributed by atoms with E-state index in [1.807, 2.05) is 0 Å². The molecule has 0 saturated heterocycles. The normalized spacial score (nSPS) is 12.0. The minimum atomic E-state index is 0.373. The van der Waals surface area contributed by atoms with Crippen molar-refractivity contribution in [2.24, 2.45) is 5.41 Å². The average molecular weight is 523 g/mol. The second kappa shape index (κ2) is 30.5. The molecule has 0 saturated carbocycles. The molecule has 0 amide bonds. The zero-order valence-electron chi connectivity index (χ0n) is 26.6. The Bertz CT molecular complexity index is 363. The van der Waals surface area contributed by atoms with Gasteiger partial charge in [-0.25, -0.2) is 0 Å². The number of hydrogen-bond donors (Lipinski definition) is 1. The van der Waals surface area contributed by atoms with Gasteiger partial charge in [-0.1, -0.05) is 188 Å². The Morgan fingerprint density at radius 3 is 0.757 bits per heavy atom. The van der Waals surface area contributed by atoms with E-state index in [2.05, 4.69) is 20.8 Å². The van der Waals surface area contributed by atoms with Crippen LogP contribution >= 0.6 is 0 Å². The number of aliphatic hydroxyl groups excluding tert-OH is 1. The van der Waals surface area contributed by atoms with Crippen LogP contribution < -0.4 is 0 Å². The maximum Gasteiger partial charge on any atom is 0.0431 e. The van der Waals surface area contributed by atoms with Gasteiger partial charge in [0, 0.05) is 6.61 Å². The molecule has 1 nitrogen and oxygen atoms in total. The fraction of sp³-hybridized carbons (Fsp3) is 1.00. The first kappa shape index (κ1) is 37.0. The summed E-state index contributed by atoms with van der Waals surface area (Å²) in [4.78, 5) is 0. The molecule has 0 unspecified atom stereocenters. The second-order valence-corrected chi connectivity index (χ2v) is 12.7. The van der Waals surface area contributed by atoms with E-state index in [9.17, 15) is 0 Å². The first-order chi connectivity index (χ1) is 18.2. The molecular formula is C36H74O. The second-order valence-electron chi connectivity index (χ2n) is 12.7. The number of hydrogen-bond acceptors (Lipinski definition) is 1. The van der Waals surface area contributed by atoms with Crippen LogP contribution in [0.15, 0.2) is 0 Å². The van der Waals surface area contributed by atoms with Crippen molar-refractivity contribution in [2.45, 2.75) is 220 Å². The van der Waals surface area contributed by atoms with Crippen LogP contribution in [-0.4, -0.2) is 11.7 Å². The van der Waals surface area contributed by atoms with Gasteiger partial charge in [-0.3, -0.25) is 0 Å². The van der Waals surface area contributed by atoms with Crippen LogP contribution in [0.1, 0.15) is 220 Å². The van der Waals surface area contributed by atoms with Gasteiger partial charge in [0.15, 0.2) is 0 Å². The molecule has 0 aliphatic heterocycles. The molecule has 0 bridgehead atoms. The van der Waals surface area contributed by atoms with Gasteiger partial charge in [0.2, 0.25) is 0 Å². The molecule has 0 fully saturated rings. The average Bonchev–Trinajstić information content (AvgIpc) is 2.91. The molecule has 0 radical (unpaired) electrons. The monoisotopic (exact) mass is 523 g/mol. The fourth-order valence-corrected chi connectivity index (χ4v) is 6.44. The molecule has 0 aromatic rings. The Labute approximate surface area is 236 Å². The van der Waals surface area contributed by atoms with Gasteiger partial charge in [-0.05, 0) is 37.5 Å². The summed E-state index contributed by atoms with van der Waals surface area (Å²) in [5, 5.41) is 8.94. The first-order valence-electron chi connectivity index (χ1n) is 17.9. The number of unbranched alkanes of at least 4 members (excludes halogenated alkanes) is 23. The summed E-state index contributed by atoms with van der Waals surface area (Å²) in [6, 6.07) is 0. The van der Waals surface area contributed by atoms with Crippen molar-refractivity contribution in [1.29, 1.82) is 0 Å². The Morgan fingerprint density at radius 1 is 0.297 bits per heavy atom. The van der Waals surface area contributed by atoms with E-state index in [1.165, 1.54) is 193 Å². The quantitative estimate of drug-likeness (QED) is 0.0871. The van der Waals surface area contributed by atoms with Crippen molar-refractivity contribution >= 4 is 0 Å². The van der Waals surface area contributed by atoms with E-state index in [1.54, 1.807) is 0 Å². The maximum atomic E-state index is 8.94. The van der Waals surface area contributed by atoms with Gasteiger partial charge in [0.05, 0.1) is 0 Å². The van der Waals surface area contributed by atoms with Crippen molar-refractivity contribution in [2.75, 3.05) is 6.61 Å². The predicted molar refractivity (Wildman–Crippen MR) is 170 cm³/mol. The highest BCUT2D eigenvalue weighted by Crippen LogP contribution is 2.42. The standard InChI is InChI=1S/C36H74O/c1-4-7-10-13-21-26-31-36(32-27-22-14-11-8-5-2,33-28-23-15-12-9-6-3)34-29-24-19-17-16-18-20-25-30-35-37/h37H,4-35H2,1-3H3. The third-order valence-corrected chi connectivity index (χ3v) is 9.05. The lowest BCUT2D eigenvalue weighted by Crippen LogP contribution is -2.21. The molecule has 0 aliphatic carbocycles. The van der Waals surface area contributed by atoms with E-state index >= 15 is 0 Å². The topological polar surface area (TPSA) is 20.2 Å². The summed E-state index contributed by atoms with van der Waals surface area (Å²) >= 11 is 0. The van der Waals surface area contributed by atoms with Gasteiger partial charge in [-0.15, -0.1) is 0 Å². The zero-order valence-corrected chi connectivity index (χ0v) is 26.6. The smallest absolute Gasteiger partial charge is 0.0431 e. The van der Waals surface area contributed by atoms with Crippen LogP contribution in [0.25, 0.3) is 0 Å². The zero-order chi connectivity index (χ0) is 27.1. The molecule has 1 heteroatoms. The molecule has 0 aliphatic rings. The van der Waals surface area contributed by atoms with Gasteiger partial charge in [0.1, 0.15) is 0 Å². The van der Waals surface area contributed by atoms with E-state index in [0.29, 0.717) is 12.0 Å². The Hall–Kier alpha value is -0.0400. The third-order valence-electron chi connectivity index (χ3n) is 9.05. The Kier molecular flexibility index (Phi) is 30.5. The number of rotatable bonds is 32. The van der Waals surface area contributed by atoms with Gasteiger partial charge in [0.25, 0.3) is 0 Å². The van der Waals surface area contributed by atoms with Crippen molar-refractivity contribution in [3.8, 4) is 0 Å². The molecule has 37 heavy (non-hydrogen) atoms. The van der Waals surface area contributed by atoms with Gasteiger partial charge in [-0.2, -0.15) is 0 Å². The lowest BCUT2D eigenvalue weighted by molar-refractivity contribution is 0.171. The van der Waals surface area contributed by atoms with Crippen molar-refractivity contribution < 1.29 is 5.11 Å². The summed E-state index contributed by atoms with van der Waals surface area (Å²) in [6.45, 7) is 7.38. The minimum absolute atomic E-state index is 0.373. The van der Waals surface area contributed by atoms with Gasteiger partial charge < -0.3 is 5.11 Å². The maximum absolute atomic E-state index is 8.94. The molecule has 0 atom stereocenters. The van der Waals surface area contributed by atoms with Crippen LogP contribution in [-0.2, 0) is 0 Å². The summed E-state index contributed by atoms with van der Waals surface area (Å²) in [5.74, 6) is 0. The van der Waals surface area contributed by atoms with E-state index < -0.39 is 0 Å². The summed E-state index contributed by atoms with van der Waals surface area (Å²) in [6.07, 6.45) is 44.3. The summed E-state index contributed by atoms with van der Waals surface area (Å²) in [7, 11) is 0. The van der Waals surface area contributed by atoms with E-state index in [-0.39, 0.29) is 0 Å². The Balaban J connectivity index is 4.69. The van der Waals surface area contributed by atoms with E-state index in [4.69, 9.17) is 5.11 Å². The lowest BCUT2D eigenvalue weighted by atomic mass is 9.70. The van der Waals surface area contributed by atoms with Gasteiger partial charge >= 0.3 is 0 Å². The molecule has 1 N–H and O–H groups in total.